The van der Waals surface area contributed by atoms with Crippen LogP contribution in [0.15, 0.2) is 71.1 Å². The molecule has 1 saturated heterocycles. The van der Waals surface area contributed by atoms with Crippen LogP contribution in [0.1, 0.15) is 28.8 Å². The standard InChI is InChI=1S/C37H35F3N3O4/c1-21-18-29(38)34(40)35(33(21)39)47-37(45)22-14-16-43(17-15-22)36(44)26-9-7-6-8-25(26)32-27-12-10-23(41(2)3)19-30(27)46-31-20-24(42(4)5)11-13-28(31)32/h6-13,18-20,22H,14-17H2,1-5H3/q+1. The predicted molar refractivity (Wildman–Crippen MR) is 175 cm³/mol. The number of carbonyl (C=O) groups is 2. The number of ether oxygens (including phenoxy) is 1. The van der Waals surface area contributed by atoms with Crippen molar-refractivity contribution < 1.29 is 31.9 Å². The zero-order valence-corrected chi connectivity index (χ0v) is 26.9. The Morgan fingerprint density at radius 3 is 2.34 bits per heavy atom. The maximum absolute atomic E-state index is 14.5. The highest BCUT2D eigenvalue weighted by Crippen LogP contribution is 2.42. The minimum Gasteiger partial charge on any atom is -0.456 e. The fourth-order valence-corrected chi connectivity index (χ4v) is 6.06. The van der Waals surface area contributed by atoms with Gasteiger partial charge in [-0.3, -0.25) is 9.59 Å². The summed E-state index contributed by atoms with van der Waals surface area (Å²) in [4.78, 5) is 30.6. The summed E-state index contributed by atoms with van der Waals surface area (Å²) in [5.41, 5.74) is 4.44. The number of amides is 1. The Labute approximate surface area is 270 Å². The number of nitrogens with zero attached hydrogens (tertiary/aromatic N) is 3. The molecule has 0 unspecified atom stereocenters. The van der Waals surface area contributed by atoms with Gasteiger partial charge in [-0.15, -0.1) is 0 Å². The van der Waals surface area contributed by atoms with Gasteiger partial charge in [-0.05, 0) is 61.2 Å². The molecule has 0 bridgehead atoms. The second-order valence-corrected chi connectivity index (χ2v) is 12.3. The topological polar surface area (TPSA) is 66.0 Å². The lowest BCUT2D eigenvalue weighted by Crippen LogP contribution is -2.41. The van der Waals surface area contributed by atoms with Gasteiger partial charge in [0.25, 0.3) is 5.91 Å². The number of halogens is 3. The first-order valence-electron chi connectivity index (χ1n) is 15.4. The van der Waals surface area contributed by atoms with Gasteiger partial charge < -0.3 is 19.0 Å². The van der Waals surface area contributed by atoms with Crippen LogP contribution in [0, 0.1) is 30.3 Å². The smallest absolute Gasteiger partial charge is 0.314 e. The maximum Gasteiger partial charge on any atom is 0.314 e. The molecule has 0 saturated carbocycles. The average molecular weight is 643 g/mol. The zero-order valence-electron chi connectivity index (χ0n) is 26.9. The first-order valence-corrected chi connectivity index (χ1v) is 15.4. The molecule has 2 heterocycles. The van der Waals surface area contributed by atoms with E-state index in [2.05, 4.69) is 0 Å². The molecule has 3 aliphatic rings. The van der Waals surface area contributed by atoms with Crippen molar-refractivity contribution in [2.75, 3.05) is 46.2 Å². The zero-order chi connectivity index (χ0) is 33.6. The highest BCUT2D eigenvalue weighted by Gasteiger charge is 2.32. The third kappa shape index (κ3) is 5.95. The van der Waals surface area contributed by atoms with Crippen LogP contribution in [0.5, 0.6) is 5.75 Å². The highest BCUT2D eigenvalue weighted by atomic mass is 19.2. The van der Waals surface area contributed by atoms with E-state index in [1.54, 1.807) is 11.0 Å². The summed E-state index contributed by atoms with van der Waals surface area (Å²) in [5, 5.41) is 1.83. The number of benzene rings is 4. The van der Waals surface area contributed by atoms with Gasteiger partial charge in [0.1, 0.15) is 25.4 Å². The van der Waals surface area contributed by atoms with E-state index in [9.17, 15) is 22.8 Å². The number of anilines is 1. The second kappa shape index (κ2) is 12.6. The van der Waals surface area contributed by atoms with Crippen LogP contribution in [0.4, 0.5) is 18.9 Å². The molecule has 0 radical (unpaired) electrons. The Kier molecular flexibility index (Phi) is 8.53. The van der Waals surface area contributed by atoms with Gasteiger partial charge in [-0.25, -0.2) is 13.4 Å². The van der Waals surface area contributed by atoms with Gasteiger partial charge >= 0.3 is 5.97 Å². The summed E-state index contributed by atoms with van der Waals surface area (Å²) in [6.07, 6.45) is 0.446. The molecule has 6 rings (SSSR count). The van der Waals surface area contributed by atoms with Crippen molar-refractivity contribution in [1.29, 1.82) is 0 Å². The summed E-state index contributed by atoms with van der Waals surface area (Å²) in [6, 6.07) is 20.1. The van der Waals surface area contributed by atoms with E-state index in [-0.39, 0.29) is 37.4 Å². The third-order valence-corrected chi connectivity index (χ3v) is 8.76. The quantitative estimate of drug-likeness (QED) is 0.0722. The fourth-order valence-electron chi connectivity index (χ4n) is 6.06. The van der Waals surface area contributed by atoms with Crippen LogP contribution in [0.3, 0.4) is 0 Å². The molecular weight excluding hydrogens is 607 g/mol. The summed E-state index contributed by atoms with van der Waals surface area (Å²) in [6.45, 7) is 1.71. The number of esters is 1. The van der Waals surface area contributed by atoms with Crippen LogP contribution in [-0.4, -0.2) is 58.1 Å². The number of hydrogen-bond acceptors (Lipinski definition) is 5. The molecule has 47 heavy (non-hydrogen) atoms. The third-order valence-electron chi connectivity index (χ3n) is 8.76. The van der Waals surface area contributed by atoms with Crippen molar-refractivity contribution >= 4 is 28.5 Å². The van der Waals surface area contributed by atoms with Crippen LogP contribution in [0.25, 0.3) is 33.4 Å². The molecule has 0 aromatic heterocycles. The SMILES string of the molecule is Cc1cc(F)c(F)c(OC(=O)C2CCN(C(=O)c3ccccc3-c3c4ccc(=[N+](C)C)cc-4oc4cc(N(C)C)ccc34)CC2)c1F. The van der Waals surface area contributed by atoms with Gasteiger partial charge in [0.05, 0.1) is 12.0 Å². The van der Waals surface area contributed by atoms with Gasteiger partial charge in [-0.1, -0.05) is 18.2 Å². The first-order chi connectivity index (χ1) is 22.4. The summed E-state index contributed by atoms with van der Waals surface area (Å²) in [5.74, 6) is -6.10. The van der Waals surface area contributed by atoms with E-state index in [1.165, 1.54) is 6.92 Å². The molecular formula is C37H35F3N3O4+. The fraction of sp³-hybridized carbons (Fsp3) is 0.270. The van der Waals surface area contributed by atoms with Crippen LogP contribution >= 0.6 is 0 Å². The van der Waals surface area contributed by atoms with Crippen molar-refractivity contribution in [3.63, 3.8) is 0 Å². The Balaban J connectivity index is 1.32. The minimum absolute atomic E-state index is 0.172. The number of piperidine rings is 1. The normalized spacial score (nSPS) is 13.7. The van der Waals surface area contributed by atoms with Crippen molar-refractivity contribution in [2.45, 2.75) is 19.8 Å². The van der Waals surface area contributed by atoms with E-state index in [4.69, 9.17) is 9.15 Å². The Bertz CT molecular complexity index is 2050. The van der Waals surface area contributed by atoms with Crippen LogP contribution < -0.4 is 19.6 Å². The predicted octanol–water partition coefficient (Wildman–Crippen LogP) is 6.49. The molecule has 1 amide bonds. The van der Waals surface area contributed by atoms with E-state index >= 15 is 0 Å². The monoisotopic (exact) mass is 642 g/mol. The number of hydrogen-bond donors (Lipinski definition) is 0. The van der Waals surface area contributed by atoms with Crippen molar-refractivity contribution in [3.05, 3.63) is 101 Å². The van der Waals surface area contributed by atoms with E-state index < -0.39 is 35.1 Å². The Morgan fingerprint density at radius 1 is 0.915 bits per heavy atom. The lowest BCUT2D eigenvalue weighted by atomic mass is 9.89. The second-order valence-electron chi connectivity index (χ2n) is 12.3. The van der Waals surface area contributed by atoms with E-state index in [1.807, 2.05) is 92.3 Å². The minimum atomic E-state index is -1.55. The number of fused-ring (bicyclic) bond motifs is 2. The number of likely N-dealkylation sites (tertiary alicyclic amines) is 1. The molecule has 2 aliphatic heterocycles. The van der Waals surface area contributed by atoms with Crippen molar-refractivity contribution in [1.82, 2.24) is 9.48 Å². The summed E-state index contributed by atoms with van der Waals surface area (Å²) >= 11 is 0. The van der Waals surface area contributed by atoms with Gasteiger partial charge in [0.15, 0.2) is 11.6 Å². The van der Waals surface area contributed by atoms with Crippen molar-refractivity contribution in [3.8, 4) is 28.2 Å². The maximum atomic E-state index is 14.5. The Morgan fingerprint density at radius 2 is 1.64 bits per heavy atom. The molecule has 0 N–H and O–H groups in total. The van der Waals surface area contributed by atoms with Crippen LogP contribution in [0.2, 0.25) is 0 Å². The molecule has 7 nitrogen and oxygen atoms in total. The lowest BCUT2D eigenvalue weighted by molar-refractivity contribution is -0.140. The number of aryl methyl sites for hydroxylation is 1. The van der Waals surface area contributed by atoms with Crippen molar-refractivity contribution in [2.24, 2.45) is 5.92 Å². The van der Waals surface area contributed by atoms with Crippen LogP contribution in [-0.2, 0) is 4.79 Å². The van der Waals surface area contributed by atoms with Gasteiger partial charge in [0.2, 0.25) is 16.9 Å². The molecule has 3 aromatic rings. The molecule has 242 valence electrons. The molecule has 3 aromatic carbocycles. The summed E-state index contributed by atoms with van der Waals surface area (Å²) < 4.78 is 56.0. The first kappa shape index (κ1) is 31.8. The lowest BCUT2D eigenvalue weighted by Gasteiger charge is -2.31. The summed E-state index contributed by atoms with van der Waals surface area (Å²) in [7, 11) is 7.85. The highest BCUT2D eigenvalue weighted by molar-refractivity contribution is 6.09. The number of rotatable bonds is 5. The van der Waals surface area contributed by atoms with E-state index in [0.29, 0.717) is 23.0 Å². The molecule has 10 heteroatoms. The van der Waals surface area contributed by atoms with Gasteiger partial charge in [0, 0.05) is 67.1 Å². The van der Waals surface area contributed by atoms with Gasteiger partial charge in [-0.2, -0.15) is 4.39 Å². The molecule has 0 spiro atoms. The average Bonchev–Trinajstić information content (AvgIpc) is 3.07. The molecule has 1 fully saturated rings. The number of carbonyl (C=O) groups excluding carboxylic acids is 2. The molecule has 0 atom stereocenters. The largest absolute Gasteiger partial charge is 0.456 e. The van der Waals surface area contributed by atoms with E-state index in [0.717, 1.165) is 33.1 Å². The Hall–Kier alpha value is -5.12. The molecule has 1 aliphatic carbocycles.